The van der Waals surface area contributed by atoms with Gasteiger partial charge in [-0.25, -0.2) is 4.79 Å². The third-order valence-electron chi connectivity index (χ3n) is 14.0. The summed E-state index contributed by atoms with van der Waals surface area (Å²) in [4.78, 5) is 11.6. The van der Waals surface area contributed by atoms with Gasteiger partial charge in [-0.15, -0.1) is 0 Å². The Hall–Kier alpha value is -1.75. The van der Waals surface area contributed by atoms with Gasteiger partial charge in [-0.1, -0.05) is 45.1 Å². The number of aliphatic hydroxyl groups is 4. The minimum atomic E-state index is -1.96. The number of carboxylic acids is 1. The van der Waals surface area contributed by atoms with Gasteiger partial charge in [-0.05, 0) is 95.1 Å². The highest BCUT2D eigenvalue weighted by Gasteiger charge is 2.55. The van der Waals surface area contributed by atoms with Crippen molar-refractivity contribution in [3.63, 3.8) is 0 Å². The average Bonchev–Trinajstić information content (AvgIpc) is 3.56. The number of aliphatic hydroxyl groups excluding tert-OH is 3. The summed E-state index contributed by atoms with van der Waals surface area (Å²) >= 11 is 0. The van der Waals surface area contributed by atoms with E-state index in [0.717, 1.165) is 50.7 Å². The summed E-state index contributed by atoms with van der Waals surface area (Å²) in [6.07, 6.45) is 9.37. The number of fused-ring (bicyclic) bond motifs is 1. The summed E-state index contributed by atoms with van der Waals surface area (Å²) in [5.41, 5.74) is -0.551. The summed E-state index contributed by atoms with van der Waals surface area (Å²) in [5, 5.41) is 54.0. The van der Waals surface area contributed by atoms with E-state index in [0.29, 0.717) is 56.4 Å². The highest BCUT2D eigenvalue weighted by atomic mass is 16.7. The Morgan fingerprint density at radius 3 is 2.49 bits per heavy atom. The van der Waals surface area contributed by atoms with Crippen LogP contribution in [0.4, 0.5) is 0 Å². The molecular weight excluding hydrogens is 736 g/mol. The zero-order valence-corrected chi connectivity index (χ0v) is 34.6. The molecule has 6 fully saturated rings. The van der Waals surface area contributed by atoms with Crippen LogP contribution in [0.25, 0.3) is 0 Å². The summed E-state index contributed by atoms with van der Waals surface area (Å²) in [6, 6.07) is 0. The van der Waals surface area contributed by atoms with Crippen LogP contribution in [-0.2, 0) is 38.0 Å². The lowest BCUT2D eigenvalue weighted by Gasteiger charge is -2.50. The SMILES string of the molecule is C=C1[C@@H](O)[C@H]2O[C@]3(CC[C@H](/C=C/[C@@H](C)[C@@H]4CC(C)=C[C@@]5(O[C@H](C[C@@](C)(O)C(=O)O)CC[C@H]5O)O4)O3)CC[C@H]2O[C@@H]1[C@@H](O)C[C@H](C)[C@H]1O[C@@]2(CCCCO2)CC[C@H]1C. The molecule has 6 saturated heterocycles. The smallest absolute Gasteiger partial charge is 0.335 e. The van der Waals surface area contributed by atoms with Gasteiger partial charge < -0.3 is 58.7 Å². The van der Waals surface area contributed by atoms with E-state index in [4.69, 9.17) is 33.2 Å². The third-order valence-corrected chi connectivity index (χ3v) is 14.0. The molecule has 0 aromatic rings. The lowest BCUT2D eigenvalue weighted by atomic mass is 9.79. The Morgan fingerprint density at radius 2 is 1.75 bits per heavy atom. The minimum absolute atomic E-state index is 0.0423. The lowest BCUT2D eigenvalue weighted by molar-refractivity contribution is -0.321. The molecule has 13 nitrogen and oxygen atoms in total. The van der Waals surface area contributed by atoms with Crippen LogP contribution in [0.15, 0.2) is 36.0 Å². The molecule has 17 atom stereocenters. The number of aliphatic carboxylic acids is 1. The molecule has 7 rings (SSSR count). The maximum atomic E-state index is 11.6. The fourth-order valence-electron chi connectivity index (χ4n) is 10.5. The van der Waals surface area contributed by atoms with Gasteiger partial charge >= 0.3 is 5.97 Å². The minimum Gasteiger partial charge on any atom is -0.479 e. The molecule has 0 bridgehead atoms. The lowest BCUT2D eigenvalue weighted by Crippen LogP contribution is -2.60. The molecule has 0 unspecified atom stereocenters. The predicted molar refractivity (Wildman–Crippen MR) is 208 cm³/mol. The maximum absolute atomic E-state index is 11.6. The Kier molecular flexibility index (Phi) is 12.9. The van der Waals surface area contributed by atoms with Crippen molar-refractivity contribution in [2.45, 2.75) is 209 Å². The zero-order valence-electron chi connectivity index (χ0n) is 34.6. The van der Waals surface area contributed by atoms with Crippen LogP contribution in [0, 0.1) is 17.8 Å². The summed E-state index contributed by atoms with van der Waals surface area (Å²) < 4.78 is 45.2. The van der Waals surface area contributed by atoms with Crippen molar-refractivity contribution in [3.8, 4) is 0 Å². The molecule has 322 valence electrons. The van der Waals surface area contributed by atoms with E-state index >= 15 is 0 Å². The molecule has 5 N–H and O–H groups in total. The number of rotatable bonds is 10. The van der Waals surface area contributed by atoms with E-state index in [2.05, 4.69) is 26.5 Å². The largest absolute Gasteiger partial charge is 0.479 e. The zero-order chi connectivity index (χ0) is 40.9. The predicted octanol–water partition coefficient (Wildman–Crippen LogP) is 5.21. The van der Waals surface area contributed by atoms with E-state index in [9.17, 15) is 30.3 Å². The Labute approximate surface area is 337 Å². The average molecular weight is 805 g/mol. The normalized spacial score (nSPS) is 45.4. The van der Waals surface area contributed by atoms with E-state index < -0.39 is 71.7 Å². The number of carboxylic acid groups (broad SMARTS) is 1. The molecule has 7 aliphatic rings. The van der Waals surface area contributed by atoms with Gasteiger partial charge in [0.05, 0.1) is 43.2 Å². The van der Waals surface area contributed by atoms with Gasteiger partial charge in [0.15, 0.2) is 17.2 Å². The first-order chi connectivity index (χ1) is 26.9. The molecule has 0 amide bonds. The maximum Gasteiger partial charge on any atom is 0.335 e. The molecule has 3 spiro atoms. The summed E-state index contributed by atoms with van der Waals surface area (Å²) in [5.74, 6) is -3.82. The van der Waals surface area contributed by atoms with Gasteiger partial charge in [0, 0.05) is 38.0 Å². The second-order valence-corrected chi connectivity index (χ2v) is 18.9. The van der Waals surface area contributed by atoms with Gasteiger partial charge in [0.2, 0.25) is 5.79 Å². The second-order valence-electron chi connectivity index (χ2n) is 18.9. The molecule has 0 aromatic carbocycles. The van der Waals surface area contributed by atoms with Crippen LogP contribution in [0.1, 0.15) is 125 Å². The van der Waals surface area contributed by atoms with Crippen LogP contribution in [0.3, 0.4) is 0 Å². The van der Waals surface area contributed by atoms with Crippen LogP contribution in [0.5, 0.6) is 0 Å². The third kappa shape index (κ3) is 9.15. The number of carbonyl (C=O) groups is 1. The summed E-state index contributed by atoms with van der Waals surface area (Å²) in [6.45, 7) is 14.5. The molecule has 7 aliphatic heterocycles. The van der Waals surface area contributed by atoms with Crippen molar-refractivity contribution >= 4 is 5.97 Å². The van der Waals surface area contributed by atoms with Gasteiger partial charge in [0.25, 0.3) is 0 Å². The van der Waals surface area contributed by atoms with E-state index in [1.165, 1.54) is 6.92 Å². The van der Waals surface area contributed by atoms with Crippen molar-refractivity contribution in [2.24, 2.45) is 17.8 Å². The van der Waals surface area contributed by atoms with Crippen molar-refractivity contribution < 1.29 is 63.5 Å². The first kappa shape index (κ1) is 43.3. The number of ether oxygens (including phenoxy) is 7. The van der Waals surface area contributed by atoms with Crippen molar-refractivity contribution in [3.05, 3.63) is 36.0 Å². The van der Waals surface area contributed by atoms with Crippen molar-refractivity contribution in [1.82, 2.24) is 0 Å². The van der Waals surface area contributed by atoms with Gasteiger partial charge in [-0.3, -0.25) is 0 Å². The fraction of sp³-hybridized carbons (Fsp3) is 0.841. The molecule has 7 heterocycles. The van der Waals surface area contributed by atoms with Crippen LogP contribution < -0.4 is 0 Å². The Morgan fingerprint density at radius 1 is 1.00 bits per heavy atom. The van der Waals surface area contributed by atoms with E-state index in [1.54, 1.807) is 6.08 Å². The first-order valence-electron chi connectivity index (χ1n) is 21.7. The molecule has 0 aromatic heterocycles. The van der Waals surface area contributed by atoms with Crippen molar-refractivity contribution in [2.75, 3.05) is 6.61 Å². The van der Waals surface area contributed by atoms with Crippen LogP contribution in [0.2, 0.25) is 0 Å². The second kappa shape index (κ2) is 17.0. The van der Waals surface area contributed by atoms with Gasteiger partial charge in [0.1, 0.15) is 24.4 Å². The molecular formula is C44H68O13. The van der Waals surface area contributed by atoms with Crippen LogP contribution in [-0.4, -0.2) is 122 Å². The molecule has 0 radical (unpaired) electrons. The first-order valence-corrected chi connectivity index (χ1v) is 21.7. The Balaban J connectivity index is 0.920. The monoisotopic (exact) mass is 804 g/mol. The molecule has 57 heavy (non-hydrogen) atoms. The molecule has 0 saturated carbocycles. The van der Waals surface area contributed by atoms with Crippen LogP contribution >= 0.6 is 0 Å². The fourth-order valence-corrected chi connectivity index (χ4v) is 10.5. The summed E-state index contributed by atoms with van der Waals surface area (Å²) in [7, 11) is 0. The van der Waals surface area contributed by atoms with Gasteiger partial charge in [-0.2, -0.15) is 0 Å². The molecule has 13 heteroatoms. The van der Waals surface area contributed by atoms with E-state index in [1.807, 2.05) is 19.9 Å². The highest BCUT2D eigenvalue weighted by molar-refractivity contribution is 5.76. The Bertz CT molecular complexity index is 1510. The standard InChI is InChI=1S/C44H68O13/c1-25-21-34(55-44(23-25)35(46)12-11-31(54-44)24-41(6,50)40(48)49)26(2)9-10-30-14-18-43(53-30)19-15-33-39(57-43)36(47)29(5)38(52-33)32(45)22-28(4)37-27(3)13-17-42(56-37)16-7-8-20-51-42/h9-10,23,26-28,30-39,45-47,50H,5,7-8,11-22,24H2,1-4,6H3,(H,48,49)/b10-9+/t26-,27-,28+,30+,31+,32+,33-,34+,35-,36-,37+,38+,39+,41-,42+,43-,44-/m1/s1. The highest BCUT2D eigenvalue weighted by Crippen LogP contribution is 2.47. The quantitative estimate of drug-likeness (QED) is 0.182. The number of hydrogen-bond acceptors (Lipinski definition) is 12. The van der Waals surface area contributed by atoms with Crippen molar-refractivity contribution in [1.29, 1.82) is 0 Å². The number of hydrogen-bond donors (Lipinski definition) is 5. The molecule has 0 aliphatic carbocycles. The topological polar surface area (TPSA) is 183 Å². The van der Waals surface area contributed by atoms with E-state index in [-0.39, 0.29) is 36.6 Å².